The highest BCUT2D eigenvalue weighted by Gasteiger charge is 2.36. The molecule has 0 atom stereocenters. The van der Waals surface area contributed by atoms with E-state index in [2.05, 4.69) is 10.7 Å². The van der Waals surface area contributed by atoms with E-state index in [-0.39, 0.29) is 5.06 Å². The molecule has 0 fully saturated rings. The van der Waals surface area contributed by atoms with Crippen LogP contribution in [-0.2, 0) is 4.94 Å². The van der Waals surface area contributed by atoms with Gasteiger partial charge in [-0.15, -0.1) is 10.0 Å². The summed E-state index contributed by atoms with van der Waals surface area (Å²) in [5.74, 6) is -3.77. The molecule has 0 saturated carbocycles. The molecule has 0 aromatic carbocycles. The molecule has 11 heavy (non-hydrogen) atoms. The first-order chi connectivity index (χ1) is 5.04. The topological polar surface area (TPSA) is 58.8 Å². The van der Waals surface area contributed by atoms with E-state index in [0.717, 1.165) is 0 Å². The summed E-state index contributed by atoms with van der Waals surface area (Å²) in [6.45, 7) is 0. The molecule has 0 radical (unpaired) electrons. The number of carbonyl (C=O) groups is 1. The lowest BCUT2D eigenvalue weighted by Crippen LogP contribution is -2.32. The summed E-state index contributed by atoms with van der Waals surface area (Å²) in [7, 11) is 0. The average Bonchev–Trinajstić information content (AvgIpc) is 2.17. The minimum absolute atomic E-state index is 0.366. The number of amides is 2. The van der Waals surface area contributed by atoms with Gasteiger partial charge in [0.05, 0.1) is 0 Å². The number of hydrogen-bond donors (Lipinski definition) is 1. The Morgan fingerprint density at radius 3 is 2.18 bits per heavy atom. The van der Waals surface area contributed by atoms with Crippen molar-refractivity contribution in [3.63, 3.8) is 0 Å². The van der Waals surface area contributed by atoms with E-state index in [9.17, 15) is 18.1 Å². The zero-order valence-corrected chi connectivity index (χ0v) is 4.92. The third-order valence-electron chi connectivity index (χ3n) is 0.856. The largest absolute Gasteiger partial charge is 0.349 e. The molecule has 0 aliphatic carbocycles. The van der Waals surface area contributed by atoms with Crippen molar-refractivity contribution in [2.24, 2.45) is 5.73 Å². The van der Waals surface area contributed by atoms with Gasteiger partial charge < -0.3 is 5.73 Å². The first-order valence-electron chi connectivity index (χ1n) is 2.33. The minimum atomic E-state index is -1.95. The van der Waals surface area contributed by atoms with Crippen molar-refractivity contribution in [3.05, 3.63) is 11.9 Å². The predicted octanol–water partition coefficient (Wildman–Crippen LogP) is 0.479. The van der Waals surface area contributed by atoms with Crippen LogP contribution in [0, 0.1) is 0 Å². The van der Waals surface area contributed by atoms with Crippen molar-refractivity contribution in [3.8, 4) is 0 Å². The SMILES string of the molecule is NC(=O)N1ON(F)C(F)=C1F. The molecule has 5 nitrogen and oxygen atoms in total. The van der Waals surface area contributed by atoms with Gasteiger partial charge >= 0.3 is 12.0 Å². The van der Waals surface area contributed by atoms with Gasteiger partial charge in [-0.1, -0.05) is 4.48 Å². The summed E-state index contributed by atoms with van der Waals surface area (Å²) in [6, 6.07) is -1.46. The Labute approximate surface area is 58.2 Å². The van der Waals surface area contributed by atoms with Crippen molar-refractivity contribution in [1.82, 2.24) is 10.3 Å². The molecule has 1 heterocycles. The summed E-state index contributed by atoms with van der Waals surface area (Å²) in [5, 5.41) is -1.42. The molecule has 0 bridgehead atoms. The second-order valence-corrected chi connectivity index (χ2v) is 1.54. The molecule has 1 aliphatic heterocycles. The fourth-order valence-corrected chi connectivity index (χ4v) is 0.437. The predicted molar refractivity (Wildman–Crippen MR) is 24.7 cm³/mol. The number of hydroxylamine groups is 3. The van der Waals surface area contributed by atoms with Gasteiger partial charge in [-0.3, -0.25) is 0 Å². The number of carbonyl (C=O) groups excluding carboxylic acids is 1. The van der Waals surface area contributed by atoms with E-state index in [1.807, 2.05) is 0 Å². The van der Waals surface area contributed by atoms with Crippen LogP contribution in [0.1, 0.15) is 0 Å². The molecule has 0 unspecified atom stereocenters. The third-order valence-corrected chi connectivity index (χ3v) is 0.856. The summed E-state index contributed by atoms with van der Waals surface area (Å²) in [5.41, 5.74) is 4.44. The molecule has 8 heteroatoms. The number of urea groups is 1. The number of primary amides is 1. The van der Waals surface area contributed by atoms with Crippen LogP contribution in [0.5, 0.6) is 0 Å². The van der Waals surface area contributed by atoms with Crippen LogP contribution >= 0.6 is 0 Å². The molecule has 1 aliphatic rings. The Kier molecular flexibility index (Phi) is 1.61. The lowest BCUT2D eigenvalue weighted by molar-refractivity contribution is -0.333. The molecule has 2 N–H and O–H groups in total. The van der Waals surface area contributed by atoms with Crippen LogP contribution in [0.2, 0.25) is 0 Å². The minimum Gasteiger partial charge on any atom is -0.349 e. The smallest absolute Gasteiger partial charge is 0.347 e. The van der Waals surface area contributed by atoms with Crippen LogP contribution in [0.25, 0.3) is 0 Å². The summed E-state index contributed by atoms with van der Waals surface area (Å²) in [6.07, 6.45) is 0. The number of halogens is 3. The molecular formula is C3H2F3N3O2. The van der Waals surface area contributed by atoms with Crippen LogP contribution in [-0.4, -0.2) is 16.4 Å². The van der Waals surface area contributed by atoms with Crippen molar-refractivity contribution in [2.75, 3.05) is 0 Å². The van der Waals surface area contributed by atoms with Gasteiger partial charge in [0.2, 0.25) is 0 Å². The maximum absolute atomic E-state index is 12.2. The van der Waals surface area contributed by atoms with Crippen molar-refractivity contribution in [1.29, 1.82) is 0 Å². The molecule has 62 valence electrons. The first kappa shape index (κ1) is 7.66. The fraction of sp³-hybridized carbons (Fsp3) is 0. The van der Waals surface area contributed by atoms with Gasteiger partial charge in [0.25, 0.3) is 5.95 Å². The number of nitrogens with two attached hydrogens (primary N) is 1. The van der Waals surface area contributed by atoms with Gasteiger partial charge in [0, 0.05) is 0 Å². The first-order valence-corrected chi connectivity index (χ1v) is 2.33. The Bertz CT molecular complexity index is 230. The van der Waals surface area contributed by atoms with E-state index in [1.54, 1.807) is 0 Å². The Morgan fingerprint density at radius 2 is 2.00 bits per heavy atom. The Balaban J connectivity index is 2.86. The quantitative estimate of drug-likeness (QED) is 0.423. The average molecular weight is 169 g/mol. The van der Waals surface area contributed by atoms with Crippen molar-refractivity contribution >= 4 is 6.03 Å². The van der Waals surface area contributed by atoms with E-state index in [1.165, 1.54) is 0 Å². The molecule has 0 spiro atoms. The van der Waals surface area contributed by atoms with Crippen molar-refractivity contribution < 1.29 is 23.0 Å². The summed E-state index contributed by atoms with van der Waals surface area (Å²) >= 11 is 0. The number of nitrogens with zero attached hydrogens (tertiary/aromatic N) is 2. The molecule has 0 saturated heterocycles. The van der Waals surface area contributed by atoms with Crippen LogP contribution in [0.15, 0.2) is 11.9 Å². The monoisotopic (exact) mass is 169 g/mol. The van der Waals surface area contributed by atoms with Crippen molar-refractivity contribution in [2.45, 2.75) is 0 Å². The molecule has 1 rings (SSSR count). The Hall–Kier alpha value is -1.44. The van der Waals surface area contributed by atoms with E-state index >= 15 is 0 Å². The maximum atomic E-state index is 12.2. The van der Waals surface area contributed by atoms with E-state index in [4.69, 9.17) is 0 Å². The second-order valence-electron chi connectivity index (χ2n) is 1.54. The molecule has 0 aromatic rings. The second kappa shape index (κ2) is 2.31. The third kappa shape index (κ3) is 1.07. The normalized spacial score (nSPS) is 18.1. The van der Waals surface area contributed by atoms with Gasteiger partial charge in [-0.05, 0) is 5.29 Å². The molecular weight excluding hydrogens is 167 g/mol. The van der Waals surface area contributed by atoms with Crippen LogP contribution in [0.3, 0.4) is 0 Å². The standard InChI is InChI=1S/C3H2F3N3O2/c4-1-2(5)9(6)11-8(1)3(7)10/h(H2,7,10). The molecule has 2 amide bonds. The van der Waals surface area contributed by atoms with E-state index < -0.39 is 23.2 Å². The lowest BCUT2D eigenvalue weighted by Gasteiger charge is -2.07. The zero-order valence-electron chi connectivity index (χ0n) is 4.92. The summed E-state index contributed by atoms with van der Waals surface area (Å²) < 4.78 is 36.1. The number of rotatable bonds is 0. The van der Waals surface area contributed by atoms with Gasteiger partial charge in [0.1, 0.15) is 0 Å². The fourth-order valence-electron chi connectivity index (χ4n) is 0.437. The number of hydrogen-bond acceptors (Lipinski definition) is 3. The van der Waals surface area contributed by atoms with Crippen LogP contribution < -0.4 is 5.73 Å². The highest BCUT2D eigenvalue weighted by Crippen LogP contribution is 2.26. The maximum Gasteiger partial charge on any atom is 0.347 e. The van der Waals surface area contributed by atoms with E-state index in [0.29, 0.717) is 0 Å². The summed E-state index contributed by atoms with van der Waals surface area (Å²) in [4.78, 5) is 13.6. The van der Waals surface area contributed by atoms with Gasteiger partial charge in [-0.25, -0.2) is 4.79 Å². The van der Waals surface area contributed by atoms with Gasteiger partial charge in [-0.2, -0.15) is 8.78 Å². The Morgan fingerprint density at radius 1 is 1.45 bits per heavy atom. The highest BCUT2D eigenvalue weighted by atomic mass is 19.2. The van der Waals surface area contributed by atoms with Gasteiger partial charge in [0.15, 0.2) is 0 Å². The zero-order chi connectivity index (χ0) is 8.59. The lowest BCUT2D eigenvalue weighted by atomic mass is 10.8. The molecule has 0 aromatic heterocycles. The highest BCUT2D eigenvalue weighted by molar-refractivity contribution is 5.72. The van der Waals surface area contributed by atoms with Crippen LogP contribution in [0.4, 0.5) is 18.1 Å².